The Balaban J connectivity index is 1.78. The smallest absolute Gasteiger partial charge is 0.230 e. The van der Waals surface area contributed by atoms with E-state index in [4.69, 9.17) is 19.9 Å². The van der Waals surface area contributed by atoms with Crippen molar-refractivity contribution in [1.29, 1.82) is 0 Å². The molecule has 0 unspecified atom stereocenters. The normalized spacial score (nSPS) is 19.7. The lowest BCUT2D eigenvalue weighted by Crippen LogP contribution is -2.51. The summed E-state index contributed by atoms with van der Waals surface area (Å²) in [4.78, 5) is 15.2. The molecule has 25 heavy (non-hydrogen) atoms. The van der Waals surface area contributed by atoms with Gasteiger partial charge in [0, 0.05) is 32.8 Å². The number of carbonyl (C=O) groups is 1. The number of nitrogens with two attached hydrogens (primary N) is 1. The second-order valence-electron chi connectivity index (χ2n) is 6.86. The Labute approximate surface area is 149 Å². The van der Waals surface area contributed by atoms with Crippen LogP contribution in [0.4, 0.5) is 0 Å². The van der Waals surface area contributed by atoms with Crippen LogP contribution in [-0.4, -0.2) is 57.9 Å². The van der Waals surface area contributed by atoms with Gasteiger partial charge < -0.3 is 24.8 Å². The fraction of sp³-hybridized carbons (Fsp3) is 0.632. The summed E-state index contributed by atoms with van der Waals surface area (Å²) in [6, 6.07) is 4.07. The van der Waals surface area contributed by atoms with Gasteiger partial charge in [0.15, 0.2) is 11.5 Å². The number of benzene rings is 1. The third-order valence-corrected chi connectivity index (χ3v) is 5.59. The van der Waals surface area contributed by atoms with E-state index in [1.165, 1.54) is 11.1 Å². The van der Waals surface area contributed by atoms with Crippen molar-refractivity contribution >= 4 is 5.91 Å². The van der Waals surface area contributed by atoms with Crippen LogP contribution in [0.2, 0.25) is 0 Å². The summed E-state index contributed by atoms with van der Waals surface area (Å²) < 4.78 is 16.3. The first-order valence-corrected chi connectivity index (χ1v) is 8.94. The van der Waals surface area contributed by atoms with Crippen molar-refractivity contribution in [3.8, 4) is 11.5 Å². The van der Waals surface area contributed by atoms with Gasteiger partial charge in [-0.2, -0.15) is 0 Å². The summed E-state index contributed by atoms with van der Waals surface area (Å²) in [6.45, 7) is 3.05. The summed E-state index contributed by atoms with van der Waals surface area (Å²) in [7, 11) is 3.29. The zero-order valence-corrected chi connectivity index (χ0v) is 15.2. The number of carbonyl (C=O) groups excluding carboxylic acids is 1. The van der Waals surface area contributed by atoms with Crippen LogP contribution < -0.4 is 15.2 Å². The molecule has 2 N–H and O–H groups in total. The van der Waals surface area contributed by atoms with Crippen LogP contribution in [0.3, 0.4) is 0 Å². The molecule has 1 aromatic carbocycles. The third kappa shape index (κ3) is 3.46. The lowest BCUT2D eigenvalue weighted by atomic mass is 9.79. The Morgan fingerprint density at radius 1 is 1.12 bits per heavy atom. The first-order valence-electron chi connectivity index (χ1n) is 8.94. The molecule has 2 aliphatic rings. The summed E-state index contributed by atoms with van der Waals surface area (Å²) >= 11 is 0. The third-order valence-electron chi connectivity index (χ3n) is 5.59. The predicted octanol–water partition coefficient (Wildman–Crippen LogP) is 1.39. The van der Waals surface area contributed by atoms with Gasteiger partial charge in [-0.15, -0.1) is 0 Å². The number of ether oxygens (including phenoxy) is 3. The van der Waals surface area contributed by atoms with Crippen LogP contribution in [-0.2, 0) is 22.4 Å². The van der Waals surface area contributed by atoms with E-state index >= 15 is 0 Å². The van der Waals surface area contributed by atoms with E-state index in [1.807, 2.05) is 17.0 Å². The zero-order valence-electron chi connectivity index (χ0n) is 15.2. The van der Waals surface area contributed by atoms with Crippen LogP contribution >= 0.6 is 0 Å². The first kappa shape index (κ1) is 18.0. The molecule has 2 aliphatic heterocycles. The molecule has 0 saturated carbocycles. The minimum absolute atomic E-state index is 0.185. The molecular weight excluding hydrogens is 320 g/mol. The molecule has 0 bridgehead atoms. The van der Waals surface area contributed by atoms with Gasteiger partial charge in [0.25, 0.3) is 0 Å². The highest BCUT2D eigenvalue weighted by atomic mass is 16.5. The van der Waals surface area contributed by atoms with Gasteiger partial charge in [0.1, 0.15) is 0 Å². The van der Waals surface area contributed by atoms with E-state index in [2.05, 4.69) is 0 Å². The summed E-state index contributed by atoms with van der Waals surface area (Å²) in [6.07, 6.45) is 3.07. The number of hydrogen-bond acceptors (Lipinski definition) is 5. The Kier molecular flexibility index (Phi) is 5.49. The molecule has 2 heterocycles. The number of nitrogens with zero attached hydrogens (tertiary/aromatic N) is 1. The fourth-order valence-corrected chi connectivity index (χ4v) is 3.86. The lowest BCUT2D eigenvalue weighted by molar-refractivity contribution is -0.147. The maximum absolute atomic E-state index is 13.2. The number of fused-ring (bicyclic) bond motifs is 1. The van der Waals surface area contributed by atoms with Crippen molar-refractivity contribution in [3.05, 3.63) is 23.3 Å². The molecule has 6 heteroatoms. The van der Waals surface area contributed by atoms with Crippen LogP contribution in [0.15, 0.2) is 12.1 Å². The Morgan fingerprint density at radius 3 is 2.08 bits per heavy atom. The van der Waals surface area contributed by atoms with E-state index in [-0.39, 0.29) is 5.91 Å². The topological polar surface area (TPSA) is 74.0 Å². The van der Waals surface area contributed by atoms with Crippen molar-refractivity contribution in [1.82, 2.24) is 4.90 Å². The van der Waals surface area contributed by atoms with Gasteiger partial charge in [-0.05, 0) is 48.9 Å². The highest BCUT2D eigenvalue weighted by Crippen LogP contribution is 2.35. The highest BCUT2D eigenvalue weighted by molar-refractivity contribution is 5.83. The predicted molar refractivity (Wildman–Crippen MR) is 95.1 cm³/mol. The summed E-state index contributed by atoms with van der Waals surface area (Å²) in [5, 5.41) is 0. The lowest BCUT2D eigenvalue weighted by Gasteiger charge is -2.38. The van der Waals surface area contributed by atoms with Gasteiger partial charge in [0.2, 0.25) is 5.91 Å². The van der Waals surface area contributed by atoms with Gasteiger partial charge in [0.05, 0.1) is 19.6 Å². The van der Waals surface area contributed by atoms with Crippen LogP contribution in [0, 0.1) is 5.41 Å². The Morgan fingerprint density at radius 2 is 1.64 bits per heavy atom. The Bertz CT molecular complexity index is 591. The van der Waals surface area contributed by atoms with E-state index in [0.29, 0.717) is 45.7 Å². The number of amides is 1. The molecule has 6 nitrogen and oxygen atoms in total. The van der Waals surface area contributed by atoms with Crippen molar-refractivity contribution in [2.45, 2.75) is 25.7 Å². The quantitative estimate of drug-likeness (QED) is 0.890. The minimum Gasteiger partial charge on any atom is -0.493 e. The molecule has 0 aliphatic carbocycles. The van der Waals surface area contributed by atoms with E-state index in [1.54, 1.807) is 14.2 Å². The first-order chi connectivity index (χ1) is 12.1. The monoisotopic (exact) mass is 348 g/mol. The molecule has 1 saturated heterocycles. The maximum atomic E-state index is 13.2. The van der Waals surface area contributed by atoms with Crippen molar-refractivity contribution in [2.24, 2.45) is 11.1 Å². The number of rotatable bonds is 4. The molecule has 138 valence electrons. The molecule has 1 fully saturated rings. The maximum Gasteiger partial charge on any atom is 0.230 e. The second kappa shape index (κ2) is 7.62. The standard InChI is InChI=1S/C19H28N2O4/c1-23-16-11-14-3-7-21(8-4-15(14)12-17(16)24-2)18(22)19(13-20)5-9-25-10-6-19/h11-12H,3-10,13,20H2,1-2H3. The van der Waals surface area contributed by atoms with Gasteiger partial charge in [-0.3, -0.25) is 4.79 Å². The van der Waals surface area contributed by atoms with Gasteiger partial charge >= 0.3 is 0 Å². The molecule has 3 rings (SSSR count). The highest BCUT2D eigenvalue weighted by Gasteiger charge is 2.41. The van der Waals surface area contributed by atoms with E-state index < -0.39 is 5.41 Å². The number of hydrogen-bond donors (Lipinski definition) is 1. The fourth-order valence-electron chi connectivity index (χ4n) is 3.86. The van der Waals surface area contributed by atoms with E-state index in [9.17, 15) is 4.79 Å². The average molecular weight is 348 g/mol. The largest absolute Gasteiger partial charge is 0.493 e. The van der Waals surface area contributed by atoms with Crippen LogP contribution in [0.25, 0.3) is 0 Å². The van der Waals surface area contributed by atoms with Gasteiger partial charge in [-0.25, -0.2) is 0 Å². The zero-order chi connectivity index (χ0) is 17.9. The minimum atomic E-state index is -0.454. The van der Waals surface area contributed by atoms with Gasteiger partial charge in [-0.1, -0.05) is 0 Å². The van der Waals surface area contributed by atoms with Crippen LogP contribution in [0.1, 0.15) is 24.0 Å². The van der Waals surface area contributed by atoms with Crippen molar-refractivity contribution < 1.29 is 19.0 Å². The van der Waals surface area contributed by atoms with Crippen molar-refractivity contribution in [2.75, 3.05) is 47.1 Å². The summed E-state index contributed by atoms with van der Waals surface area (Å²) in [5.41, 5.74) is 8.00. The average Bonchev–Trinajstić information content (AvgIpc) is 2.88. The molecule has 1 aromatic rings. The number of methoxy groups -OCH3 is 2. The summed E-state index contributed by atoms with van der Waals surface area (Å²) in [5.74, 6) is 1.66. The molecular formula is C19H28N2O4. The van der Waals surface area contributed by atoms with E-state index in [0.717, 1.165) is 24.3 Å². The molecule has 0 spiro atoms. The molecule has 0 aromatic heterocycles. The SMILES string of the molecule is COc1cc2c(cc1OC)CCN(C(=O)C1(CN)CCOCC1)CC2. The van der Waals surface area contributed by atoms with Crippen LogP contribution in [0.5, 0.6) is 11.5 Å². The second-order valence-corrected chi connectivity index (χ2v) is 6.86. The molecule has 0 radical (unpaired) electrons. The van der Waals surface area contributed by atoms with Crippen molar-refractivity contribution in [3.63, 3.8) is 0 Å². The molecule has 1 amide bonds. The molecule has 0 atom stereocenters. The Hall–Kier alpha value is -1.79.